The average molecular weight is 269 g/mol. The minimum Gasteiger partial charge on any atom is -0.347 e. The van der Waals surface area contributed by atoms with Gasteiger partial charge in [0.1, 0.15) is 4.83 Å². The van der Waals surface area contributed by atoms with E-state index >= 15 is 0 Å². The van der Waals surface area contributed by atoms with Gasteiger partial charge in [-0.1, -0.05) is 29.8 Å². The summed E-state index contributed by atoms with van der Waals surface area (Å²) in [5.41, 5.74) is 3.40. The van der Waals surface area contributed by atoms with Crippen LogP contribution < -0.4 is 4.90 Å². The van der Waals surface area contributed by atoms with E-state index in [0.29, 0.717) is 0 Å². The van der Waals surface area contributed by atoms with Gasteiger partial charge >= 0.3 is 0 Å². The second kappa shape index (κ2) is 4.63. The van der Waals surface area contributed by atoms with Gasteiger partial charge in [-0.05, 0) is 18.4 Å². The molecule has 3 nitrogen and oxygen atoms in total. The zero-order valence-corrected chi connectivity index (χ0v) is 12.0. The van der Waals surface area contributed by atoms with Crippen molar-refractivity contribution >= 4 is 27.5 Å². The first kappa shape index (κ1) is 12.1. The van der Waals surface area contributed by atoms with Crippen LogP contribution in [0.2, 0.25) is 0 Å². The van der Waals surface area contributed by atoms with Crippen molar-refractivity contribution in [2.45, 2.75) is 6.92 Å². The standard InChI is InChI=1S/C15H15N3S/c1-10-4-6-11(7-5-10)13-12-8-9-19-14(12)17-15(16-13)18(2)3/h4-9H,1-3H3. The Morgan fingerprint density at radius 1 is 1.00 bits per heavy atom. The Hall–Kier alpha value is -1.94. The first-order valence-corrected chi connectivity index (χ1v) is 7.03. The zero-order valence-electron chi connectivity index (χ0n) is 11.2. The third kappa shape index (κ3) is 2.19. The fourth-order valence-electron chi connectivity index (χ4n) is 1.98. The number of aryl methyl sites for hydroxylation is 1. The predicted molar refractivity (Wildman–Crippen MR) is 81.9 cm³/mol. The molecule has 0 radical (unpaired) electrons. The van der Waals surface area contributed by atoms with Crippen molar-refractivity contribution in [2.75, 3.05) is 19.0 Å². The van der Waals surface area contributed by atoms with Crippen LogP contribution in [-0.2, 0) is 0 Å². The number of hydrogen-bond donors (Lipinski definition) is 0. The minimum atomic E-state index is 0.755. The number of hydrogen-bond acceptors (Lipinski definition) is 4. The number of anilines is 1. The molecule has 0 saturated carbocycles. The molecule has 0 saturated heterocycles. The molecule has 1 aromatic carbocycles. The van der Waals surface area contributed by atoms with Gasteiger partial charge in [-0.3, -0.25) is 0 Å². The lowest BCUT2D eigenvalue weighted by Gasteiger charge is -2.12. The SMILES string of the molecule is Cc1ccc(-c2nc(N(C)C)nc3sccc23)cc1. The van der Waals surface area contributed by atoms with Gasteiger partial charge in [0.25, 0.3) is 0 Å². The number of rotatable bonds is 2. The lowest BCUT2D eigenvalue weighted by molar-refractivity contribution is 1.02. The number of nitrogens with zero attached hydrogens (tertiary/aromatic N) is 3. The molecule has 0 atom stereocenters. The molecule has 0 amide bonds. The molecule has 0 fully saturated rings. The molecular formula is C15H15N3S. The Labute approximate surface area is 116 Å². The molecule has 0 aliphatic carbocycles. The van der Waals surface area contributed by atoms with E-state index in [1.165, 1.54) is 5.56 Å². The highest BCUT2D eigenvalue weighted by Gasteiger charge is 2.11. The molecule has 0 aliphatic rings. The first-order valence-electron chi connectivity index (χ1n) is 6.15. The van der Waals surface area contributed by atoms with Gasteiger partial charge in [-0.2, -0.15) is 0 Å². The first-order chi connectivity index (χ1) is 9.15. The van der Waals surface area contributed by atoms with E-state index in [1.54, 1.807) is 11.3 Å². The fourth-order valence-corrected chi connectivity index (χ4v) is 2.73. The summed E-state index contributed by atoms with van der Waals surface area (Å²) < 4.78 is 0. The monoisotopic (exact) mass is 269 g/mol. The third-order valence-corrected chi connectivity index (χ3v) is 3.84. The molecule has 0 unspecified atom stereocenters. The largest absolute Gasteiger partial charge is 0.347 e. The molecule has 0 spiro atoms. The normalized spacial score (nSPS) is 10.9. The highest BCUT2D eigenvalue weighted by molar-refractivity contribution is 7.16. The van der Waals surface area contributed by atoms with Crippen LogP contribution in [0.4, 0.5) is 5.95 Å². The lowest BCUT2D eigenvalue weighted by atomic mass is 10.1. The molecule has 0 N–H and O–H groups in total. The quantitative estimate of drug-likeness (QED) is 0.709. The molecule has 19 heavy (non-hydrogen) atoms. The topological polar surface area (TPSA) is 29.0 Å². The fraction of sp³-hybridized carbons (Fsp3) is 0.200. The van der Waals surface area contributed by atoms with E-state index in [2.05, 4.69) is 47.6 Å². The summed E-state index contributed by atoms with van der Waals surface area (Å²) in [5, 5.41) is 3.19. The molecule has 3 rings (SSSR count). The van der Waals surface area contributed by atoms with Gasteiger partial charge < -0.3 is 4.90 Å². The Balaban J connectivity index is 2.26. The summed E-state index contributed by atoms with van der Waals surface area (Å²) in [6.45, 7) is 2.09. The van der Waals surface area contributed by atoms with Crippen LogP contribution >= 0.6 is 11.3 Å². The Morgan fingerprint density at radius 2 is 1.74 bits per heavy atom. The van der Waals surface area contributed by atoms with Crippen molar-refractivity contribution < 1.29 is 0 Å². The van der Waals surface area contributed by atoms with Crippen molar-refractivity contribution in [1.82, 2.24) is 9.97 Å². The Bertz CT molecular complexity index is 714. The molecule has 96 valence electrons. The van der Waals surface area contributed by atoms with Crippen molar-refractivity contribution in [3.8, 4) is 11.3 Å². The van der Waals surface area contributed by atoms with Gasteiger partial charge in [-0.15, -0.1) is 11.3 Å². The van der Waals surface area contributed by atoms with E-state index in [0.717, 1.165) is 27.4 Å². The molecule has 3 aromatic rings. The average Bonchev–Trinajstić information content (AvgIpc) is 2.86. The lowest BCUT2D eigenvalue weighted by Crippen LogP contribution is -2.12. The van der Waals surface area contributed by atoms with E-state index in [-0.39, 0.29) is 0 Å². The maximum atomic E-state index is 4.69. The summed E-state index contributed by atoms with van der Waals surface area (Å²) in [7, 11) is 3.93. The van der Waals surface area contributed by atoms with Crippen LogP contribution in [0, 0.1) is 6.92 Å². The van der Waals surface area contributed by atoms with E-state index in [9.17, 15) is 0 Å². The molecule has 0 bridgehead atoms. The predicted octanol–water partition coefficient (Wildman–Crippen LogP) is 3.73. The van der Waals surface area contributed by atoms with E-state index < -0.39 is 0 Å². The van der Waals surface area contributed by atoms with E-state index in [1.807, 2.05) is 19.0 Å². The highest BCUT2D eigenvalue weighted by Crippen LogP contribution is 2.30. The van der Waals surface area contributed by atoms with Crippen molar-refractivity contribution in [3.63, 3.8) is 0 Å². The van der Waals surface area contributed by atoms with Crippen LogP contribution in [0.15, 0.2) is 35.7 Å². The summed E-state index contributed by atoms with van der Waals surface area (Å²) in [6.07, 6.45) is 0. The number of fused-ring (bicyclic) bond motifs is 1. The van der Waals surface area contributed by atoms with E-state index in [4.69, 9.17) is 4.98 Å². The second-order valence-electron chi connectivity index (χ2n) is 4.77. The molecule has 2 heterocycles. The smallest absolute Gasteiger partial charge is 0.226 e. The van der Waals surface area contributed by atoms with Crippen LogP contribution in [-0.4, -0.2) is 24.1 Å². The number of thiophene rings is 1. The molecule has 2 aromatic heterocycles. The van der Waals surface area contributed by atoms with Gasteiger partial charge in [0.2, 0.25) is 5.95 Å². The van der Waals surface area contributed by atoms with Crippen LogP contribution in [0.5, 0.6) is 0 Å². The third-order valence-electron chi connectivity index (χ3n) is 3.04. The van der Waals surface area contributed by atoms with Crippen LogP contribution in [0.3, 0.4) is 0 Å². The van der Waals surface area contributed by atoms with Gasteiger partial charge in [-0.25, -0.2) is 9.97 Å². The maximum Gasteiger partial charge on any atom is 0.226 e. The summed E-state index contributed by atoms with van der Waals surface area (Å²) >= 11 is 1.65. The van der Waals surface area contributed by atoms with Crippen LogP contribution in [0.25, 0.3) is 21.5 Å². The van der Waals surface area contributed by atoms with Crippen molar-refractivity contribution in [1.29, 1.82) is 0 Å². The van der Waals surface area contributed by atoms with Gasteiger partial charge in [0.05, 0.1) is 5.69 Å². The van der Waals surface area contributed by atoms with Gasteiger partial charge in [0.15, 0.2) is 0 Å². The highest BCUT2D eigenvalue weighted by atomic mass is 32.1. The van der Waals surface area contributed by atoms with Crippen molar-refractivity contribution in [2.24, 2.45) is 0 Å². The molecular weight excluding hydrogens is 254 g/mol. The summed E-state index contributed by atoms with van der Waals surface area (Å²) in [6, 6.07) is 10.6. The maximum absolute atomic E-state index is 4.69. The number of benzene rings is 1. The molecule has 0 aliphatic heterocycles. The Morgan fingerprint density at radius 3 is 2.42 bits per heavy atom. The zero-order chi connectivity index (χ0) is 13.4. The minimum absolute atomic E-state index is 0.755. The Kier molecular flexibility index (Phi) is 2.95. The number of aromatic nitrogens is 2. The van der Waals surface area contributed by atoms with Gasteiger partial charge in [0, 0.05) is 25.0 Å². The second-order valence-corrected chi connectivity index (χ2v) is 5.67. The molecule has 4 heteroatoms. The summed E-state index contributed by atoms with van der Waals surface area (Å²) in [4.78, 5) is 12.2. The van der Waals surface area contributed by atoms with Crippen LogP contribution in [0.1, 0.15) is 5.56 Å². The summed E-state index contributed by atoms with van der Waals surface area (Å²) in [5.74, 6) is 0.755. The van der Waals surface area contributed by atoms with Crippen molar-refractivity contribution in [3.05, 3.63) is 41.3 Å².